The summed E-state index contributed by atoms with van der Waals surface area (Å²) in [7, 11) is 0. The zero-order valence-corrected chi connectivity index (χ0v) is 15.0. The van der Waals surface area contributed by atoms with E-state index in [1.807, 2.05) is 24.6 Å². The van der Waals surface area contributed by atoms with E-state index in [1.165, 1.54) is 5.56 Å². The molecular formula is C18H23N3O2S. The molecule has 0 spiro atoms. The minimum atomic E-state index is -0.315. The van der Waals surface area contributed by atoms with Crippen molar-refractivity contribution >= 4 is 17.3 Å². The highest BCUT2D eigenvalue weighted by atomic mass is 32.1. The molecule has 0 aliphatic carbocycles. The summed E-state index contributed by atoms with van der Waals surface area (Å²) in [6.07, 6.45) is 4.00. The van der Waals surface area contributed by atoms with Crippen LogP contribution >= 0.6 is 11.3 Å². The third-order valence-corrected chi connectivity index (χ3v) is 5.46. The number of hydrogen-bond donors (Lipinski definition) is 0. The van der Waals surface area contributed by atoms with Crippen molar-refractivity contribution in [1.29, 1.82) is 0 Å². The lowest BCUT2D eigenvalue weighted by Crippen LogP contribution is -2.32. The lowest BCUT2D eigenvalue weighted by Gasteiger charge is -2.31. The average Bonchev–Trinajstić information content (AvgIpc) is 3.08. The summed E-state index contributed by atoms with van der Waals surface area (Å²) in [6.45, 7) is 7.32. The molecule has 1 aliphatic rings. The number of aryl methyl sites for hydroxylation is 1. The summed E-state index contributed by atoms with van der Waals surface area (Å²) < 4.78 is 5.01. The van der Waals surface area contributed by atoms with E-state index in [0.29, 0.717) is 18.2 Å². The Kier molecular flexibility index (Phi) is 5.58. The molecule has 2 aromatic heterocycles. The van der Waals surface area contributed by atoms with Crippen LogP contribution in [0.15, 0.2) is 23.7 Å². The van der Waals surface area contributed by atoms with Gasteiger partial charge in [-0.25, -0.2) is 9.78 Å². The quantitative estimate of drug-likeness (QED) is 0.777. The molecule has 0 N–H and O–H groups in total. The maximum Gasteiger partial charge on any atom is 0.357 e. The molecule has 0 atom stereocenters. The molecule has 0 unspecified atom stereocenters. The molecule has 1 saturated heterocycles. The monoisotopic (exact) mass is 345 g/mol. The highest BCUT2D eigenvalue weighted by Crippen LogP contribution is 2.31. The largest absolute Gasteiger partial charge is 0.461 e. The second-order valence-electron chi connectivity index (χ2n) is 6.09. The molecule has 2 aromatic rings. The minimum Gasteiger partial charge on any atom is -0.461 e. The van der Waals surface area contributed by atoms with Gasteiger partial charge in [-0.3, -0.25) is 9.88 Å². The van der Waals surface area contributed by atoms with Gasteiger partial charge in [-0.15, -0.1) is 11.3 Å². The first-order valence-corrected chi connectivity index (χ1v) is 9.30. The second-order valence-corrected chi connectivity index (χ2v) is 6.98. The third-order valence-electron chi connectivity index (χ3n) is 4.45. The van der Waals surface area contributed by atoms with Crippen molar-refractivity contribution < 1.29 is 9.53 Å². The number of ether oxygens (including phenoxy) is 1. The van der Waals surface area contributed by atoms with Crippen LogP contribution in [0.3, 0.4) is 0 Å². The fraction of sp³-hybridized carbons (Fsp3) is 0.500. The Hall–Kier alpha value is -1.79. The van der Waals surface area contributed by atoms with Crippen molar-refractivity contribution in [2.24, 2.45) is 0 Å². The highest BCUT2D eigenvalue weighted by molar-refractivity contribution is 7.09. The summed E-state index contributed by atoms with van der Waals surface area (Å²) in [5.41, 5.74) is 2.86. The molecule has 1 aliphatic heterocycles. The van der Waals surface area contributed by atoms with Crippen molar-refractivity contribution in [1.82, 2.24) is 14.9 Å². The van der Waals surface area contributed by atoms with Gasteiger partial charge in [0.05, 0.1) is 11.6 Å². The molecule has 1 fully saturated rings. The van der Waals surface area contributed by atoms with Crippen molar-refractivity contribution in [2.45, 2.75) is 39.2 Å². The van der Waals surface area contributed by atoms with E-state index in [4.69, 9.17) is 4.74 Å². The fourth-order valence-electron chi connectivity index (χ4n) is 3.04. The molecular weight excluding hydrogens is 322 g/mol. The number of rotatable bonds is 5. The topological polar surface area (TPSA) is 55.3 Å². The van der Waals surface area contributed by atoms with E-state index < -0.39 is 0 Å². The molecule has 0 radical (unpaired) electrons. The van der Waals surface area contributed by atoms with E-state index in [-0.39, 0.29) is 5.97 Å². The highest BCUT2D eigenvalue weighted by Gasteiger charge is 2.24. The smallest absolute Gasteiger partial charge is 0.357 e. The Balaban J connectivity index is 1.55. The van der Waals surface area contributed by atoms with E-state index >= 15 is 0 Å². The van der Waals surface area contributed by atoms with Gasteiger partial charge in [0, 0.05) is 29.7 Å². The number of hydrogen-bond acceptors (Lipinski definition) is 6. The summed E-state index contributed by atoms with van der Waals surface area (Å²) in [5.74, 6) is 0.133. The Bertz CT molecular complexity index is 693. The number of thiazole rings is 1. The number of aromatic nitrogens is 2. The van der Waals surface area contributed by atoms with E-state index in [1.54, 1.807) is 11.3 Å². The molecule has 0 bridgehead atoms. The third kappa shape index (κ3) is 3.99. The first-order valence-electron chi connectivity index (χ1n) is 8.42. The van der Waals surface area contributed by atoms with Gasteiger partial charge < -0.3 is 4.74 Å². The van der Waals surface area contributed by atoms with Gasteiger partial charge in [0.1, 0.15) is 0 Å². The normalized spacial score (nSPS) is 16.2. The molecule has 5 nitrogen and oxygen atoms in total. The SMILES string of the molecule is CCOC(=O)c1csc(C2CCN(Cc3cccnc3C)CC2)n1. The van der Waals surface area contributed by atoms with Crippen LogP contribution in [0.2, 0.25) is 0 Å². The lowest BCUT2D eigenvalue weighted by molar-refractivity contribution is 0.0520. The minimum absolute atomic E-state index is 0.315. The number of carbonyl (C=O) groups is 1. The Morgan fingerprint density at radius 2 is 2.21 bits per heavy atom. The van der Waals surface area contributed by atoms with Gasteiger partial charge in [0.25, 0.3) is 0 Å². The fourth-order valence-corrected chi connectivity index (χ4v) is 4.00. The van der Waals surface area contributed by atoms with Crippen molar-refractivity contribution in [3.63, 3.8) is 0 Å². The number of nitrogens with zero attached hydrogens (tertiary/aromatic N) is 3. The van der Waals surface area contributed by atoms with Crippen LogP contribution in [-0.4, -0.2) is 40.5 Å². The number of piperidine rings is 1. The molecule has 0 aromatic carbocycles. The summed E-state index contributed by atoms with van der Waals surface area (Å²) in [6, 6.07) is 4.16. The number of esters is 1. The van der Waals surface area contributed by atoms with Gasteiger partial charge in [-0.2, -0.15) is 0 Å². The van der Waals surface area contributed by atoms with E-state index in [0.717, 1.165) is 43.2 Å². The predicted molar refractivity (Wildman–Crippen MR) is 94.3 cm³/mol. The summed E-state index contributed by atoms with van der Waals surface area (Å²) in [4.78, 5) is 23.1. The molecule has 0 amide bonds. The van der Waals surface area contributed by atoms with Gasteiger partial charge in [0.15, 0.2) is 5.69 Å². The Morgan fingerprint density at radius 1 is 1.42 bits per heavy atom. The van der Waals surface area contributed by atoms with E-state index in [2.05, 4.69) is 27.9 Å². The van der Waals surface area contributed by atoms with Gasteiger partial charge in [-0.1, -0.05) is 6.07 Å². The maximum absolute atomic E-state index is 11.7. The maximum atomic E-state index is 11.7. The number of likely N-dealkylation sites (tertiary alicyclic amines) is 1. The molecule has 128 valence electrons. The predicted octanol–water partition coefficient (Wildman–Crippen LogP) is 3.40. The molecule has 3 heterocycles. The van der Waals surface area contributed by atoms with Gasteiger partial charge in [-0.05, 0) is 51.4 Å². The second kappa shape index (κ2) is 7.85. The lowest BCUT2D eigenvalue weighted by atomic mass is 9.97. The standard InChI is InChI=1S/C18H23N3O2S/c1-3-23-18(22)16-12-24-17(20-16)14-6-9-21(10-7-14)11-15-5-4-8-19-13(15)2/h4-5,8,12,14H,3,6-7,9-11H2,1-2H3. The number of pyridine rings is 1. The molecule has 6 heteroatoms. The van der Waals surface area contributed by atoms with Crippen LogP contribution in [-0.2, 0) is 11.3 Å². The zero-order chi connectivity index (χ0) is 16.9. The molecule has 0 saturated carbocycles. The van der Waals surface area contributed by atoms with Crippen molar-refractivity contribution in [2.75, 3.05) is 19.7 Å². The van der Waals surface area contributed by atoms with Crippen LogP contribution in [0.1, 0.15) is 52.4 Å². The van der Waals surface area contributed by atoms with Crippen molar-refractivity contribution in [3.05, 3.63) is 45.7 Å². The van der Waals surface area contributed by atoms with Crippen LogP contribution in [0, 0.1) is 6.92 Å². The van der Waals surface area contributed by atoms with Crippen LogP contribution in [0.4, 0.5) is 0 Å². The first kappa shape index (κ1) is 17.0. The van der Waals surface area contributed by atoms with Crippen molar-refractivity contribution in [3.8, 4) is 0 Å². The molecule has 3 rings (SSSR count). The van der Waals surface area contributed by atoms with Gasteiger partial charge >= 0.3 is 5.97 Å². The van der Waals surface area contributed by atoms with Crippen LogP contribution in [0.25, 0.3) is 0 Å². The average molecular weight is 345 g/mol. The Morgan fingerprint density at radius 3 is 2.92 bits per heavy atom. The van der Waals surface area contributed by atoms with Crippen LogP contribution < -0.4 is 0 Å². The Labute approximate surface area is 146 Å². The summed E-state index contributed by atoms with van der Waals surface area (Å²) in [5, 5.41) is 2.88. The summed E-state index contributed by atoms with van der Waals surface area (Å²) >= 11 is 1.58. The molecule has 24 heavy (non-hydrogen) atoms. The number of carbonyl (C=O) groups excluding carboxylic acids is 1. The van der Waals surface area contributed by atoms with Gasteiger partial charge in [0.2, 0.25) is 0 Å². The zero-order valence-electron chi connectivity index (χ0n) is 14.2. The first-order chi connectivity index (χ1) is 11.7. The van der Waals surface area contributed by atoms with Crippen LogP contribution in [0.5, 0.6) is 0 Å². The van der Waals surface area contributed by atoms with E-state index in [9.17, 15) is 4.79 Å².